The molecule has 0 unspecified atom stereocenters. The summed E-state index contributed by atoms with van der Waals surface area (Å²) in [5.41, 5.74) is 2.22. The Morgan fingerprint density at radius 1 is 1.24 bits per heavy atom. The van der Waals surface area contributed by atoms with E-state index in [1.165, 1.54) is 13.0 Å². The van der Waals surface area contributed by atoms with Crippen molar-refractivity contribution in [3.8, 4) is 0 Å². The minimum absolute atomic E-state index is 0.238. The van der Waals surface area contributed by atoms with Crippen LogP contribution in [-0.4, -0.2) is 47.9 Å². The van der Waals surface area contributed by atoms with Gasteiger partial charge in [-0.25, -0.2) is 9.59 Å². The van der Waals surface area contributed by atoms with Crippen LogP contribution in [0.15, 0.2) is 47.6 Å². The molecular weight excluding hydrogens is 376 g/mol. The molecule has 0 bridgehead atoms. The normalized spacial score (nSPS) is 34.0. The van der Waals surface area contributed by atoms with Gasteiger partial charge in [0.1, 0.15) is 18.3 Å². The monoisotopic (exact) mass is 402 g/mol. The molecule has 2 aliphatic carbocycles. The second kappa shape index (κ2) is 7.99. The van der Waals surface area contributed by atoms with Crippen LogP contribution < -0.4 is 0 Å². The molecule has 1 saturated heterocycles. The number of aliphatic hydroxyl groups is 1. The van der Waals surface area contributed by atoms with E-state index in [1.807, 2.05) is 13.0 Å². The molecule has 3 aliphatic rings. The molecule has 156 valence electrons. The highest BCUT2D eigenvalue weighted by molar-refractivity contribution is 5.92. The summed E-state index contributed by atoms with van der Waals surface area (Å²) in [6, 6.07) is 0. The average molecular weight is 402 g/mol. The van der Waals surface area contributed by atoms with E-state index >= 15 is 0 Å². The zero-order valence-corrected chi connectivity index (χ0v) is 16.8. The molecular formula is C22H26O7. The summed E-state index contributed by atoms with van der Waals surface area (Å²) in [5.74, 6) is -2.55. The number of hydrogen-bond acceptors (Lipinski definition) is 7. The van der Waals surface area contributed by atoms with Crippen LogP contribution in [-0.2, 0) is 28.6 Å². The van der Waals surface area contributed by atoms with Crippen LogP contribution in [0.5, 0.6) is 0 Å². The Morgan fingerprint density at radius 3 is 2.55 bits per heavy atom. The van der Waals surface area contributed by atoms with Crippen molar-refractivity contribution in [3.05, 3.63) is 47.6 Å². The molecule has 1 heterocycles. The molecule has 7 nitrogen and oxygen atoms in total. The quantitative estimate of drug-likeness (QED) is 0.332. The van der Waals surface area contributed by atoms with Gasteiger partial charge in [-0.2, -0.15) is 0 Å². The fourth-order valence-electron chi connectivity index (χ4n) is 4.64. The number of rotatable bonds is 4. The Morgan fingerprint density at radius 2 is 1.93 bits per heavy atom. The predicted octanol–water partition coefficient (Wildman–Crippen LogP) is 2.02. The zero-order chi connectivity index (χ0) is 21.5. The van der Waals surface area contributed by atoms with E-state index in [1.54, 1.807) is 6.92 Å². The van der Waals surface area contributed by atoms with Crippen molar-refractivity contribution in [3.63, 3.8) is 0 Å². The van der Waals surface area contributed by atoms with Gasteiger partial charge in [0.05, 0.1) is 12.5 Å². The van der Waals surface area contributed by atoms with Crippen LogP contribution in [0.3, 0.4) is 0 Å². The number of carbonyl (C=O) groups is 3. The van der Waals surface area contributed by atoms with Crippen LogP contribution in [0, 0.1) is 17.8 Å². The molecule has 0 aromatic rings. The molecule has 1 N–H and O–H groups in total. The van der Waals surface area contributed by atoms with Crippen molar-refractivity contribution in [2.75, 3.05) is 6.61 Å². The SMILES string of the molecule is C=C1C[C@@H](OC(=O)/C(C)=C\CO)[C@H]2C(=C)C(=O)O[C@@H]2[C@H]2C(C)=C[C@@H](OC(C)=O)[C@@H]12. The summed E-state index contributed by atoms with van der Waals surface area (Å²) in [5, 5.41) is 9.02. The van der Waals surface area contributed by atoms with Crippen LogP contribution in [0.4, 0.5) is 0 Å². The minimum Gasteiger partial charge on any atom is -0.458 e. The first-order chi connectivity index (χ1) is 13.6. The molecule has 0 aromatic carbocycles. The molecule has 0 radical (unpaired) electrons. The number of fused-ring (bicyclic) bond motifs is 3. The number of hydrogen-bond donors (Lipinski definition) is 1. The summed E-state index contributed by atoms with van der Waals surface area (Å²) in [6.45, 7) is 12.6. The van der Waals surface area contributed by atoms with Crippen LogP contribution in [0.1, 0.15) is 27.2 Å². The largest absolute Gasteiger partial charge is 0.458 e. The predicted molar refractivity (Wildman–Crippen MR) is 103 cm³/mol. The van der Waals surface area contributed by atoms with E-state index in [0.29, 0.717) is 0 Å². The number of carbonyl (C=O) groups excluding carboxylic acids is 3. The van der Waals surface area contributed by atoms with Crippen LogP contribution >= 0.6 is 0 Å². The Bertz CT molecular complexity index is 834. The third-order valence-electron chi connectivity index (χ3n) is 5.92. The minimum atomic E-state index is -0.697. The molecule has 7 heteroatoms. The standard InChI is InChI=1S/C22H26O7/c1-10(6-7-23)21(25)28-16-8-11(2)17-15(27-14(5)24)9-12(3)18(17)20-19(16)13(4)22(26)29-20/h6,9,15-20,23H,2,4,7-8H2,1,3,5H3/b10-6-/t15-,16-,17-,18+,19-,20-/m1/s1. The van der Waals surface area contributed by atoms with E-state index in [-0.39, 0.29) is 36.0 Å². The lowest BCUT2D eigenvalue weighted by atomic mass is 9.79. The average Bonchev–Trinajstić information content (AvgIpc) is 3.05. The van der Waals surface area contributed by atoms with E-state index in [2.05, 4.69) is 13.2 Å². The van der Waals surface area contributed by atoms with E-state index < -0.39 is 42.1 Å². The smallest absolute Gasteiger partial charge is 0.334 e. The van der Waals surface area contributed by atoms with Crippen LogP contribution in [0.25, 0.3) is 0 Å². The van der Waals surface area contributed by atoms with Gasteiger partial charge in [0.25, 0.3) is 0 Å². The highest BCUT2D eigenvalue weighted by atomic mass is 16.6. The maximum atomic E-state index is 12.5. The number of aliphatic hydroxyl groups excluding tert-OH is 1. The summed E-state index contributed by atoms with van der Waals surface area (Å²) in [6.07, 6.45) is 1.72. The van der Waals surface area contributed by atoms with Crippen molar-refractivity contribution in [2.45, 2.75) is 45.5 Å². The van der Waals surface area contributed by atoms with Crippen molar-refractivity contribution in [2.24, 2.45) is 17.8 Å². The van der Waals surface area contributed by atoms with Gasteiger partial charge >= 0.3 is 17.9 Å². The highest BCUT2D eigenvalue weighted by Crippen LogP contribution is 2.51. The molecule has 29 heavy (non-hydrogen) atoms. The first-order valence-electron chi connectivity index (χ1n) is 9.57. The second-order valence-electron chi connectivity index (χ2n) is 7.83. The van der Waals surface area contributed by atoms with Gasteiger partial charge in [0.15, 0.2) is 0 Å². The summed E-state index contributed by atoms with van der Waals surface area (Å²) in [7, 11) is 0. The van der Waals surface area contributed by atoms with Gasteiger partial charge in [-0.05, 0) is 26.0 Å². The summed E-state index contributed by atoms with van der Waals surface area (Å²) < 4.78 is 16.8. The fourth-order valence-corrected chi connectivity index (χ4v) is 4.64. The Balaban J connectivity index is 1.97. The third kappa shape index (κ3) is 3.79. The van der Waals surface area contributed by atoms with Crippen molar-refractivity contribution in [1.82, 2.24) is 0 Å². The first kappa shape index (κ1) is 21.0. The second-order valence-corrected chi connectivity index (χ2v) is 7.83. The van der Waals surface area contributed by atoms with Gasteiger partial charge in [0.2, 0.25) is 0 Å². The lowest BCUT2D eigenvalue weighted by Crippen LogP contribution is -2.37. The molecule has 2 fully saturated rings. The molecule has 3 rings (SSSR count). The van der Waals surface area contributed by atoms with E-state index in [9.17, 15) is 14.4 Å². The first-order valence-corrected chi connectivity index (χ1v) is 9.57. The lowest BCUT2D eigenvalue weighted by molar-refractivity contribution is -0.150. The van der Waals surface area contributed by atoms with Crippen LogP contribution in [0.2, 0.25) is 0 Å². The van der Waals surface area contributed by atoms with Gasteiger partial charge in [-0.3, -0.25) is 4.79 Å². The molecule has 1 aliphatic heterocycles. The van der Waals surface area contributed by atoms with Gasteiger partial charge in [-0.15, -0.1) is 0 Å². The van der Waals surface area contributed by atoms with Crippen molar-refractivity contribution < 1.29 is 33.7 Å². The fraction of sp³-hybridized carbons (Fsp3) is 0.500. The Hall–Kier alpha value is -2.67. The van der Waals surface area contributed by atoms with E-state index in [4.69, 9.17) is 19.3 Å². The number of ether oxygens (including phenoxy) is 3. The zero-order valence-electron chi connectivity index (χ0n) is 16.8. The molecule has 0 amide bonds. The third-order valence-corrected chi connectivity index (χ3v) is 5.92. The van der Waals surface area contributed by atoms with Crippen molar-refractivity contribution >= 4 is 17.9 Å². The van der Waals surface area contributed by atoms with E-state index in [0.717, 1.165) is 11.1 Å². The van der Waals surface area contributed by atoms with Gasteiger partial charge < -0.3 is 19.3 Å². The van der Waals surface area contributed by atoms with Crippen molar-refractivity contribution in [1.29, 1.82) is 0 Å². The topological polar surface area (TPSA) is 99.1 Å². The van der Waals surface area contributed by atoms with Gasteiger partial charge in [0, 0.05) is 36.3 Å². The number of esters is 3. The molecule has 0 spiro atoms. The molecule has 0 aromatic heterocycles. The Kier molecular flexibility index (Phi) is 5.80. The maximum absolute atomic E-state index is 12.5. The lowest BCUT2D eigenvalue weighted by Gasteiger charge is -2.29. The molecule has 6 atom stereocenters. The maximum Gasteiger partial charge on any atom is 0.334 e. The highest BCUT2D eigenvalue weighted by Gasteiger charge is 2.56. The summed E-state index contributed by atoms with van der Waals surface area (Å²) in [4.78, 5) is 36.3. The van der Waals surface area contributed by atoms with Gasteiger partial charge in [-0.1, -0.05) is 24.3 Å². The summed E-state index contributed by atoms with van der Waals surface area (Å²) >= 11 is 0. The molecule has 1 saturated carbocycles. The Labute approximate surface area is 169 Å².